The summed E-state index contributed by atoms with van der Waals surface area (Å²) in [6, 6.07) is 0. The maximum atomic E-state index is 11.1. The summed E-state index contributed by atoms with van der Waals surface area (Å²) >= 11 is 0. The maximum Gasteiger partial charge on any atom is 0.342 e. The van der Waals surface area contributed by atoms with Crippen LogP contribution in [0.1, 0.15) is 12.2 Å². The lowest BCUT2D eigenvalue weighted by Gasteiger charge is -2.22. The van der Waals surface area contributed by atoms with Crippen molar-refractivity contribution in [1.29, 1.82) is 0 Å². The van der Waals surface area contributed by atoms with Crippen LogP contribution in [-0.4, -0.2) is 78.3 Å². The van der Waals surface area contributed by atoms with Gasteiger partial charge in [0.1, 0.15) is 12.7 Å². The Morgan fingerprint density at radius 3 is 2.46 bits per heavy atom. The molecule has 0 saturated carbocycles. The Morgan fingerprint density at radius 2 is 1.75 bits per heavy atom. The molecule has 9 nitrogen and oxygen atoms in total. The topological polar surface area (TPSA) is 100 Å². The molecule has 24 heavy (non-hydrogen) atoms. The quantitative estimate of drug-likeness (QED) is 0.506. The molecular formula is C15H29N7O2. The lowest BCUT2D eigenvalue weighted by molar-refractivity contribution is -0.392. The second kappa shape index (κ2) is 10.3. The lowest BCUT2D eigenvalue weighted by Crippen LogP contribution is -2.37. The molecule has 0 amide bonds. The minimum atomic E-state index is -0.363. The molecule has 1 aliphatic rings. The molecule has 0 aliphatic carbocycles. The van der Waals surface area contributed by atoms with Crippen LogP contribution in [0.4, 0.5) is 5.82 Å². The van der Waals surface area contributed by atoms with Gasteiger partial charge in [-0.15, -0.1) is 0 Å². The number of hydrogen-bond donors (Lipinski definition) is 3. The molecule has 3 N–H and O–H groups in total. The zero-order chi connectivity index (χ0) is 17.2. The molecule has 1 fully saturated rings. The molecule has 2 rings (SSSR count). The first-order valence-corrected chi connectivity index (χ1v) is 8.69. The first kappa shape index (κ1) is 18.8. The maximum absolute atomic E-state index is 11.1. The highest BCUT2D eigenvalue weighted by Gasteiger charge is 2.18. The molecular weight excluding hydrogens is 310 g/mol. The van der Waals surface area contributed by atoms with Gasteiger partial charge >= 0.3 is 5.82 Å². The van der Waals surface area contributed by atoms with Gasteiger partial charge in [0.15, 0.2) is 5.82 Å². The molecule has 2 heterocycles. The van der Waals surface area contributed by atoms with Crippen molar-refractivity contribution >= 4 is 5.82 Å². The standard InChI is InChI=1S/C15H29N7O2/c1-14-19-13-15(22(23)24)21(14)12-11-20-9-2-3-16-4-5-17-6-7-18-8-10-20/h13,16-18H,2-12H2,1H3. The predicted molar refractivity (Wildman–Crippen MR) is 93.3 cm³/mol. The molecule has 0 aromatic carbocycles. The van der Waals surface area contributed by atoms with Crippen LogP contribution in [0.3, 0.4) is 0 Å². The number of nitro groups is 1. The van der Waals surface area contributed by atoms with Crippen molar-refractivity contribution < 1.29 is 4.92 Å². The van der Waals surface area contributed by atoms with Crippen molar-refractivity contribution in [2.45, 2.75) is 19.9 Å². The van der Waals surface area contributed by atoms with Crippen molar-refractivity contribution in [3.63, 3.8) is 0 Å². The van der Waals surface area contributed by atoms with E-state index in [0.717, 1.165) is 65.3 Å². The van der Waals surface area contributed by atoms with Gasteiger partial charge in [-0.25, -0.2) is 9.55 Å². The van der Waals surface area contributed by atoms with Crippen molar-refractivity contribution in [3.8, 4) is 0 Å². The summed E-state index contributed by atoms with van der Waals surface area (Å²) in [6.45, 7) is 11.0. The van der Waals surface area contributed by atoms with E-state index in [0.29, 0.717) is 12.4 Å². The lowest BCUT2D eigenvalue weighted by atomic mass is 10.3. The van der Waals surface area contributed by atoms with Gasteiger partial charge in [0, 0.05) is 52.7 Å². The molecule has 9 heteroatoms. The van der Waals surface area contributed by atoms with Gasteiger partial charge in [0.25, 0.3) is 0 Å². The fraction of sp³-hybridized carbons (Fsp3) is 0.800. The second-order valence-corrected chi connectivity index (χ2v) is 6.02. The second-order valence-electron chi connectivity index (χ2n) is 6.02. The van der Waals surface area contributed by atoms with Gasteiger partial charge in [-0.3, -0.25) is 4.90 Å². The van der Waals surface area contributed by atoms with Crippen molar-refractivity contribution in [1.82, 2.24) is 30.4 Å². The van der Waals surface area contributed by atoms with Crippen molar-refractivity contribution in [2.24, 2.45) is 0 Å². The van der Waals surface area contributed by atoms with E-state index in [2.05, 4.69) is 25.8 Å². The molecule has 0 bridgehead atoms. The van der Waals surface area contributed by atoms with E-state index in [1.165, 1.54) is 6.20 Å². The normalized spacial score (nSPS) is 19.2. The average molecular weight is 339 g/mol. The number of hydrogen-bond acceptors (Lipinski definition) is 7. The number of rotatable bonds is 4. The van der Waals surface area contributed by atoms with Gasteiger partial charge in [-0.1, -0.05) is 0 Å². The van der Waals surface area contributed by atoms with Crippen LogP contribution >= 0.6 is 0 Å². The summed E-state index contributed by atoms with van der Waals surface area (Å²) in [4.78, 5) is 17.2. The molecule has 1 aromatic rings. The van der Waals surface area contributed by atoms with Crippen LogP contribution in [0.2, 0.25) is 0 Å². The van der Waals surface area contributed by atoms with Crippen LogP contribution in [-0.2, 0) is 6.54 Å². The molecule has 0 unspecified atom stereocenters. The zero-order valence-electron chi connectivity index (χ0n) is 14.5. The van der Waals surface area contributed by atoms with Gasteiger partial charge in [0.2, 0.25) is 0 Å². The summed E-state index contributed by atoms with van der Waals surface area (Å²) in [6.07, 6.45) is 2.42. The third-order valence-electron chi connectivity index (χ3n) is 4.25. The van der Waals surface area contributed by atoms with E-state index < -0.39 is 0 Å². The minimum absolute atomic E-state index is 0.0733. The Hall–Kier alpha value is -1.55. The number of aryl methyl sites for hydroxylation is 1. The van der Waals surface area contributed by atoms with Crippen LogP contribution in [0.5, 0.6) is 0 Å². The molecule has 1 saturated heterocycles. The smallest absolute Gasteiger partial charge is 0.342 e. The van der Waals surface area contributed by atoms with Crippen LogP contribution < -0.4 is 16.0 Å². The van der Waals surface area contributed by atoms with Gasteiger partial charge in [-0.05, 0) is 24.4 Å². The predicted octanol–water partition coefficient (Wildman–Crippen LogP) is -0.426. The first-order valence-electron chi connectivity index (χ1n) is 8.69. The summed E-state index contributed by atoms with van der Waals surface area (Å²) in [5, 5.41) is 21.3. The van der Waals surface area contributed by atoms with E-state index in [1.54, 1.807) is 4.57 Å². The van der Waals surface area contributed by atoms with Crippen LogP contribution in [0, 0.1) is 17.0 Å². The Bertz CT molecular complexity index is 492. The number of imidazole rings is 1. The summed E-state index contributed by atoms with van der Waals surface area (Å²) in [7, 11) is 0. The zero-order valence-corrected chi connectivity index (χ0v) is 14.5. The summed E-state index contributed by atoms with van der Waals surface area (Å²) in [5.41, 5.74) is 0. The number of aromatic nitrogens is 2. The highest BCUT2D eigenvalue weighted by atomic mass is 16.6. The van der Waals surface area contributed by atoms with Gasteiger partial charge in [-0.2, -0.15) is 0 Å². The highest BCUT2D eigenvalue weighted by Crippen LogP contribution is 2.13. The van der Waals surface area contributed by atoms with Gasteiger partial charge in [0.05, 0.1) is 0 Å². The molecule has 1 aromatic heterocycles. The Kier molecular flexibility index (Phi) is 8.10. The molecule has 136 valence electrons. The van der Waals surface area contributed by atoms with Crippen LogP contribution in [0.25, 0.3) is 0 Å². The van der Waals surface area contributed by atoms with Crippen molar-refractivity contribution in [3.05, 3.63) is 22.1 Å². The van der Waals surface area contributed by atoms with E-state index in [4.69, 9.17) is 0 Å². The molecule has 1 aliphatic heterocycles. The fourth-order valence-electron chi connectivity index (χ4n) is 2.85. The van der Waals surface area contributed by atoms with E-state index in [9.17, 15) is 10.1 Å². The van der Waals surface area contributed by atoms with E-state index >= 15 is 0 Å². The monoisotopic (exact) mass is 339 g/mol. The largest absolute Gasteiger partial charge is 0.358 e. The summed E-state index contributed by atoms with van der Waals surface area (Å²) < 4.78 is 1.69. The SMILES string of the molecule is Cc1ncc([N+](=O)[O-])n1CCN1CCCNCCNCCNCC1. The third kappa shape index (κ3) is 6.16. The van der Waals surface area contributed by atoms with Crippen molar-refractivity contribution in [2.75, 3.05) is 58.9 Å². The third-order valence-corrected chi connectivity index (χ3v) is 4.25. The Morgan fingerprint density at radius 1 is 1.08 bits per heavy atom. The number of nitrogens with zero attached hydrogens (tertiary/aromatic N) is 4. The highest BCUT2D eigenvalue weighted by molar-refractivity contribution is 5.18. The average Bonchev–Trinajstić information content (AvgIpc) is 2.94. The van der Waals surface area contributed by atoms with Crippen LogP contribution in [0.15, 0.2) is 6.20 Å². The fourth-order valence-corrected chi connectivity index (χ4v) is 2.85. The molecule has 0 radical (unpaired) electrons. The summed E-state index contributed by atoms with van der Waals surface area (Å²) in [5.74, 6) is 0.766. The minimum Gasteiger partial charge on any atom is -0.358 e. The van der Waals surface area contributed by atoms with Gasteiger partial charge < -0.3 is 26.1 Å². The Labute approximate surface area is 143 Å². The van der Waals surface area contributed by atoms with E-state index in [-0.39, 0.29) is 10.7 Å². The first-order chi connectivity index (χ1) is 11.7. The molecule has 0 spiro atoms. The van der Waals surface area contributed by atoms with E-state index in [1.807, 2.05) is 6.92 Å². The molecule has 0 atom stereocenters. The Balaban J connectivity index is 1.87. The number of nitrogens with one attached hydrogen (secondary N) is 3.